The summed E-state index contributed by atoms with van der Waals surface area (Å²) in [5, 5.41) is 10.3. The van der Waals surface area contributed by atoms with Crippen molar-refractivity contribution < 1.29 is 9.90 Å². The summed E-state index contributed by atoms with van der Waals surface area (Å²) in [6, 6.07) is 8.23. The number of carboxylic acids is 1. The summed E-state index contributed by atoms with van der Waals surface area (Å²) in [5.41, 5.74) is 0.742. The molecule has 2 aromatic rings. The summed E-state index contributed by atoms with van der Waals surface area (Å²) in [4.78, 5) is 15.7. The molecular weight excluding hydrogens is 270 g/mol. The van der Waals surface area contributed by atoms with Gasteiger partial charge in [0.25, 0.3) is 0 Å². The van der Waals surface area contributed by atoms with E-state index in [4.69, 9.17) is 5.11 Å². The molecule has 4 heteroatoms. The monoisotopic (exact) mass is 289 g/mol. The first-order valence-corrected chi connectivity index (χ1v) is 8.09. The third-order valence-electron chi connectivity index (χ3n) is 4.19. The van der Waals surface area contributed by atoms with Crippen molar-refractivity contribution in [3.8, 4) is 0 Å². The Morgan fingerprint density at radius 3 is 2.75 bits per heavy atom. The normalized spacial score (nSPS) is 16.4. The topological polar surface area (TPSA) is 50.2 Å². The Hall–Kier alpha value is -1.42. The fourth-order valence-corrected chi connectivity index (χ4v) is 3.67. The van der Waals surface area contributed by atoms with E-state index in [1.165, 1.54) is 9.71 Å². The van der Waals surface area contributed by atoms with Gasteiger partial charge in [-0.3, -0.25) is 4.79 Å². The molecule has 3 nitrogen and oxygen atoms in total. The Morgan fingerprint density at radius 1 is 1.25 bits per heavy atom. The van der Waals surface area contributed by atoms with Crippen molar-refractivity contribution in [2.45, 2.75) is 44.9 Å². The van der Waals surface area contributed by atoms with Gasteiger partial charge in [-0.1, -0.05) is 25.0 Å². The van der Waals surface area contributed by atoms with Gasteiger partial charge in [-0.15, -0.1) is 11.3 Å². The average molecular weight is 289 g/mol. The van der Waals surface area contributed by atoms with Crippen LogP contribution in [0.3, 0.4) is 0 Å². The van der Waals surface area contributed by atoms with Crippen LogP contribution in [0.2, 0.25) is 0 Å². The van der Waals surface area contributed by atoms with Crippen LogP contribution in [0.1, 0.15) is 43.5 Å². The minimum atomic E-state index is -0.594. The number of hydrogen-bond acceptors (Lipinski definition) is 3. The summed E-state index contributed by atoms with van der Waals surface area (Å²) in [7, 11) is 0. The lowest BCUT2D eigenvalue weighted by Gasteiger charge is -2.08. The van der Waals surface area contributed by atoms with Gasteiger partial charge >= 0.3 is 5.97 Å². The Balaban J connectivity index is 1.43. The maximum absolute atomic E-state index is 11.1. The predicted octanol–water partition coefficient (Wildman–Crippen LogP) is 4.26. The first-order chi connectivity index (χ1) is 9.70. The molecule has 1 aliphatic rings. The zero-order chi connectivity index (χ0) is 14.0. The molecule has 1 N–H and O–H groups in total. The SMILES string of the molecule is O=C(O)C1(CCCCCc2nc3ccccc3s2)CC1. The number of fused-ring (bicyclic) bond motifs is 1. The van der Waals surface area contributed by atoms with E-state index in [0.717, 1.165) is 50.5 Å². The highest BCUT2D eigenvalue weighted by molar-refractivity contribution is 7.18. The highest BCUT2D eigenvalue weighted by Gasteiger charge is 2.49. The number of carbonyl (C=O) groups is 1. The molecule has 0 amide bonds. The summed E-state index contributed by atoms with van der Waals surface area (Å²) in [5.74, 6) is -0.594. The molecule has 0 aliphatic heterocycles. The van der Waals surface area contributed by atoms with Crippen LogP contribution >= 0.6 is 11.3 Å². The van der Waals surface area contributed by atoms with Crippen LogP contribution in [0, 0.1) is 5.41 Å². The lowest BCUT2D eigenvalue weighted by molar-refractivity contribution is -0.143. The lowest BCUT2D eigenvalue weighted by Crippen LogP contribution is -2.14. The molecule has 1 saturated carbocycles. The number of unbranched alkanes of at least 4 members (excludes halogenated alkanes) is 2. The second-order valence-corrected chi connectivity index (χ2v) is 6.84. The first kappa shape index (κ1) is 13.6. The van der Waals surface area contributed by atoms with Gasteiger partial charge in [0.1, 0.15) is 0 Å². The van der Waals surface area contributed by atoms with Crippen LogP contribution < -0.4 is 0 Å². The molecule has 1 fully saturated rings. The number of aryl methyl sites for hydroxylation is 1. The number of para-hydroxylation sites is 1. The molecule has 0 saturated heterocycles. The molecule has 3 rings (SSSR count). The maximum Gasteiger partial charge on any atom is 0.309 e. The fourth-order valence-electron chi connectivity index (χ4n) is 2.66. The van der Waals surface area contributed by atoms with Crippen LogP contribution in [-0.2, 0) is 11.2 Å². The molecule has 0 bridgehead atoms. The van der Waals surface area contributed by atoms with Gasteiger partial charge in [-0.2, -0.15) is 0 Å². The largest absolute Gasteiger partial charge is 0.481 e. The number of nitrogens with zero attached hydrogens (tertiary/aromatic N) is 1. The smallest absolute Gasteiger partial charge is 0.309 e. The van der Waals surface area contributed by atoms with Crippen molar-refractivity contribution in [3.63, 3.8) is 0 Å². The molecule has 0 unspecified atom stereocenters. The molecule has 106 valence electrons. The fraction of sp³-hybridized carbons (Fsp3) is 0.500. The predicted molar refractivity (Wildman–Crippen MR) is 81.1 cm³/mol. The number of aromatic nitrogens is 1. The van der Waals surface area contributed by atoms with Gasteiger partial charge in [0.15, 0.2) is 0 Å². The minimum absolute atomic E-state index is 0.351. The molecule has 1 aliphatic carbocycles. The molecule has 1 aromatic heterocycles. The van der Waals surface area contributed by atoms with E-state index in [-0.39, 0.29) is 5.41 Å². The standard InChI is InChI=1S/C16H19NO2S/c18-15(19)16(10-11-16)9-5-1-2-8-14-17-12-6-3-4-7-13(12)20-14/h3-4,6-7H,1-2,5,8-11H2,(H,18,19). The summed E-state index contributed by atoms with van der Waals surface area (Å²) < 4.78 is 1.25. The summed E-state index contributed by atoms with van der Waals surface area (Å²) in [6.45, 7) is 0. The molecular formula is C16H19NO2S. The quantitative estimate of drug-likeness (QED) is 0.775. The third kappa shape index (κ3) is 2.85. The second-order valence-electron chi connectivity index (χ2n) is 5.72. The number of thiazole rings is 1. The Morgan fingerprint density at radius 2 is 2.05 bits per heavy atom. The summed E-state index contributed by atoms with van der Waals surface area (Å²) >= 11 is 1.77. The Bertz CT molecular complexity index is 583. The molecule has 20 heavy (non-hydrogen) atoms. The number of hydrogen-bond donors (Lipinski definition) is 1. The van der Waals surface area contributed by atoms with E-state index in [1.807, 2.05) is 12.1 Å². The van der Waals surface area contributed by atoms with E-state index in [9.17, 15) is 4.79 Å². The second kappa shape index (κ2) is 5.52. The van der Waals surface area contributed by atoms with Crippen LogP contribution in [0.25, 0.3) is 10.2 Å². The van der Waals surface area contributed by atoms with Crippen molar-refractivity contribution in [2.75, 3.05) is 0 Å². The minimum Gasteiger partial charge on any atom is -0.481 e. The van der Waals surface area contributed by atoms with Crippen molar-refractivity contribution in [1.82, 2.24) is 4.98 Å². The van der Waals surface area contributed by atoms with Gasteiger partial charge < -0.3 is 5.11 Å². The van der Waals surface area contributed by atoms with Crippen molar-refractivity contribution in [3.05, 3.63) is 29.3 Å². The van der Waals surface area contributed by atoms with E-state index in [1.54, 1.807) is 11.3 Å². The van der Waals surface area contributed by atoms with Gasteiger partial charge in [-0.05, 0) is 44.2 Å². The number of carboxylic acid groups (broad SMARTS) is 1. The number of rotatable bonds is 7. The molecule has 0 atom stereocenters. The van der Waals surface area contributed by atoms with Crippen molar-refractivity contribution in [1.29, 1.82) is 0 Å². The van der Waals surface area contributed by atoms with Gasteiger partial charge in [0, 0.05) is 0 Å². The van der Waals surface area contributed by atoms with Crippen molar-refractivity contribution >= 4 is 27.5 Å². The molecule has 0 spiro atoms. The maximum atomic E-state index is 11.1. The zero-order valence-electron chi connectivity index (χ0n) is 11.5. The Labute approximate surface area is 122 Å². The van der Waals surface area contributed by atoms with Crippen molar-refractivity contribution in [2.24, 2.45) is 5.41 Å². The highest BCUT2D eigenvalue weighted by atomic mass is 32.1. The Kier molecular flexibility index (Phi) is 3.74. The number of aliphatic carboxylic acids is 1. The van der Waals surface area contributed by atoms with E-state index < -0.39 is 5.97 Å². The average Bonchev–Trinajstić information content (AvgIpc) is 3.11. The zero-order valence-corrected chi connectivity index (χ0v) is 12.3. The summed E-state index contributed by atoms with van der Waals surface area (Å²) in [6.07, 6.45) is 6.85. The molecule has 1 aromatic carbocycles. The van der Waals surface area contributed by atoms with E-state index in [0.29, 0.717) is 0 Å². The highest BCUT2D eigenvalue weighted by Crippen LogP contribution is 2.50. The first-order valence-electron chi connectivity index (χ1n) is 7.27. The van der Waals surface area contributed by atoms with Gasteiger partial charge in [-0.25, -0.2) is 4.98 Å². The lowest BCUT2D eigenvalue weighted by atomic mass is 9.98. The van der Waals surface area contributed by atoms with Gasteiger partial charge in [0.2, 0.25) is 0 Å². The third-order valence-corrected chi connectivity index (χ3v) is 5.29. The van der Waals surface area contributed by atoms with Crippen LogP contribution in [-0.4, -0.2) is 16.1 Å². The molecule has 1 heterocycles. The van der Waals surface area contributed by atoms with Crippen LogP contribution in [0.5, 0.6) is 0 Å². The van der Waals surface area contributed by atoms with Crippen LogP contribution in [0.15, 0.2) is 24.3 Å². The number of benzene rings is 1. The van der Waals surface area contributed by atoms with Gasteiger partial charge in [0.05, 0.1) is 20.6 Å². The van der Waals surface area contributed by atoms with Crippen LogP contribution in [0.4, 0.5) is 0 Å². The van der Waals surface area contributed by atoms with E-state index >= 15 is 0 Å². The molecule has 0 radical (unpaired) electrons. The van der Waals surface area contributed by atoms with E-state index in [2.05, 4.69) is 17.1 Å².